The predicted molar refractivity (Wildman–Crippen MR) is 137 cm³/mol. The van der Waals surface area contributed by atoms with Crippen molar-refractivity contribution in [3.8, 4) is 0 Å². The minimum atomic E-state index is -0.870. The Labute approximate surface area is 215 Å². The highest BCUT2D eigenvalue weighted by Gasteiger charge is 2.32. The Morgan fingerprint density at radius 2 is 1.71 bits per heavy atom. The van der Waals surface area contributed by atoms with E-state index in [2.05, 4.69) is 16.0 Å². The van der Waals surface area contributed by atoms with Crippen LogP contribution in [0.3, 0.4) is 0 Å². The second kappa shape index (κ2) is 14.5. The summed E-state index contributed by atoms with van der Waals surface area (Å²) in [4.78, 5) is 64.6. The van der Waals surface area contributed by atoms with E-state index < -0.39 is 41.9 Å². The van der Waals surface area contributed by atoms with Gasteiger partial charge in [0.1, 0.15) is 30.5 Å². The molecule has 0 aromatic carbocycles. The quantitative estimate of drug-likeness (QED) is 0.289. The molecule has 0 spiro atoms. The highest BCUT2D eigenvalue weighted by Crippen LogP contribution is 2.25. The maximum Gasteiger partial charge on any atom is 0.326 e. The summed E-state index contributed by atoms with van der Waals surface area (Å²) in [6.07, 6.45) is 3.75. The van der Waals surface area contributed by atoms with E-state index in [0.29, 0.717) is 18.6 Å². The number of hydrogen-bond acceptors (Lipinski definition) is 8. The van der Waals surface area contributed by atoms with E-state index in [4.69, 9.17) is 4.74 Å². The first-order valence-corrected chi connectivity index (χ1v) is 14.6. The zero-order valence-corrected chi connectivity index (χ0v) is 22.5. The number of ether oxygens (including phenoxy) is 1. The number of allylic oxidation sites excluding steroid dienone is 1. The molecule has 2 bridgehead atoms. The molecule has 11 heteroatoms. The maximum absolute atomic E-state index is 13.2. The van der Waals surface area contributed by atoms with Crippen LogP contribution in [0.5, 0.6) is 0 Å². The molecule has 0 aromatic rings. The van der Waals surface area contributed by atoms with E-state index in [1.165, 1.54) is 10.8 Å². The van der Waals surface area contributed by atoms with Gasteiger partial charge in [0.05, 0.1) is 0 Å². The van der Waals surface area contributed by atoms with Gasteiger partial charge >= 0.3 is 5.97 Å². The summed E-state index contributed by atoms with van der Waals surface area (Å²) in [5.41, 5.74) is 0. The highest BCUT2D eigenvalue weighted by molar-refractivity contribution is 8.76. The number of nitrogens with one attached hydrogen (secondary N) is 3. The number of fused-ring (bicyclic) bond motifs is 7. The number of ketones is 1. The summed E-state index contributed by atoms with van der Waals surface area (Å²) < 4.78 is 5.48. The van der Waals surface area contributed by atoms with Gasteiger partial charge in [-0.3, -0.25) is 24.0 Å². The van der Waals surface area contributed by atoms with Crippen molar-refractivity contribution in [3.63, 3.8) is 0 Å². The first-order chi connectivity index (χ1) is 16.6. The number of esters is 1. The van der Waals surface area contributed by atoms with Gasteiger partial charge in [-0.05, 0) is 30.8 Å². The number of carbonyl (C=O) groups is 5. The Balaban J connectivity index is 2.45. The van der Waals surface area contributed by atoms with Crippen LogP contribution in [0.4, 0.5) is 0 Å². The van der Waals surface area contributed by atoms with Crippen molar-refractivity contribution in [2.45, 2.75) is 71.6 Å². The van der Waals surface area contributed by atoms with Gasteiger partial charge in [-0.1, -0.05) is 55.4 Å². The van der Waals surface area contributed by atoms with Crippen molar-refractivity contribution in [3.05, 3.63) is 12.2 Å². The van der Waals surface area contributed by atoms with Crippen LogP contribution in [0.1, 0.15) is 53.4 Å². The lowest BCUT2D eigenvalue weighted by Gasteiger charge is -2.27. The van der Waals surface area contributed by atoms with Gasteiger partial charge in [-0.2, -0.15) is 0 Å². The predicted octanol–water partition coefficient (Wildman–Crippen LogP) is 2.01. The van der Waals surface area contributed by atoms with Crippen molar-refractivity contribution in [1.82, 2.24) is 16.0 Å². The van der Waals surface area contributed by atoms with Gasteiger partial charge in [0.15, 0.2) is 0 Å². The summed E-state index contributed by atoms with van der Waals surface area (Å²) >= 11 is 0. The minimum absolute atomic E-state index is 0.0195. The second-order valence-corrected chi connectivity index (χ2v) is 12.2. The SMILES string of the molecule is CC(C)C[C@@H]1NC(=O)[C@H]2CSSCC/C=C/[C@H](CC(=O)C[C@H](C(C)C)C(=O)N2)OC(=O)CNC1=O. The van der Waals surface area contributed by atoms with Gasteiger partial charge in [0.2, 0.25) is 17.7 Å². The van der Waals surface area contributed by atoms with Crippen molar-refractivity contribution in [2.75, 3.05) is 18.1 Å². The Hall–Kier alpha value is -2.01. The molecule has 1 fully saturated rings. The average molecular weight is 528 g/mol. The number of carbonyl (C=O) groups excluding carboxylic acids is 5. The second-order valence-electron chi connectivity index (χ2n) is 9.62. The van der Waals surface area contributed by atoms with Crippen molar-refractivity contribution in [1.29, 1.82) is 0 Å². The summed E-state index contributed by atoms with van der Waals surface area (Å²) in [7, 11) is 3.02. The molecule has 2 rings (SSSR count). The Morgan fingerprint density at radius 1 is 0.971 bits per heavy atom. The van der Waals surface area contributed by atoms with Gasteiger partial charge in [0, 0.05) is 30.3 Å². The third-order valence-corrected chi connectivity index (χ3v) is 8.16. The molecule has 3 amide bonds. The number of amides is 3. The van der Waals surface area contributed by atoms with Crippen LogP contribution in [-0.2, 0) is 28.7 Å². The van der Waals surface area contributed by atoms with Gasteiger partial charge in [-0.15, -0.1) is 0 Å². The molecule has 0 aliphatic carbocycles. The molecule has 4 atom stereocenters. The fourth-order valence-electron chi connectivity index (χ4n) is 3.80. The van der Waals surface area contributed by atoms with Crippen molar-refractivity contribution >= 4 is 51.1 Å². The topological polar surface area (TPSA) is 131 Å². The van der Waals surface area contributed by atoms with E-state index in [0.717, 1.165) is 5.75 Å². The number of rotatable bonds is 3. The van der Waals surface area contributed by atoms with Gasteiger partial charge in [-0.25, -0.2) is 0 Å². The Bertz CT molecular complexity index is 817. The lowest BCUT2D eigenvalue weighted by Crippen LogP contribution is -2.56. The van der Waals surface area contributed by atoms with Crippen molar-refractivity contribution < 1.29 is 28.7 Å². The zero-order valence-electron chi connectivity index (χ0n) is 20.8. The molecule has 0 saturated carbocycles. The number of hydrogen-bond donors (Lipinski definition) is 3. The molecule has 9 nitrogen and oxygen atoms in total. The molecule has 3 N–H and O–H groups in total. The third-order valence-electron chi connectivity index (χ3n) is 5.72. The summed E-state index contributed by atoms with van der Waals surface area (Å²) in [6, 6.07) is -1.74. The molecule has 0 radical (unpaired) electrons. The molecule has 2 aliphatic heterocycles. The molecule has 2 heterocycles. The van der Waals surface area contributed by atoms with Crippen LogP contribution in [0.2, 0.25) is 0 Å². The highest BCUT2D eigenvalue weighted by atomic mass is 33.1. The molecule has 0 unspecified atom stereocenters. The summed E-state index contributed by atoms with van der Waals surface area (Å²) in [5.74, 6) is -1.87. The number of Topliss-reactive ketones (excluding diaryl/α,β-unsaturated/α-hetero) is 1. The first-order valence-electron chi connectivity index (χ1n) is 12.1. The third kappa shape index (κ3) is 10.2. The fraction of sp³-hybridized carbons (Fsp3) is 0.708. The van der Waals surface area contributed by atoms with Crippen LogP contribution in [0, 0.1) is 17.8 Å². The van der Waals surface area contributed by atoms with Crippen molar-refractivity contribution in [2.24, 2.45) is 17.8 Å². The van der Waals surface area contributed by atoms with E-state index in [-0.39, 0.29) is 42.9 Å². The fourth-order valence-corrected chi connectivity index (χ4v) is 5.96. The van der Waals surface area contributed by atoms with E-state index in [1.54, 1.807) is 16.9 Å². The van der Waals surface area contributed by atoms with Crippen LogP contribution >= 0.6 is 21.6 Å². The Kier molecular flexibility index (Phi) is 12.1. The molecular weight excluding hydrogens is 490 g/mol. The largest absolute Gasteiger partial charge is 0.456 e. The maximum atomic E-state index is 13.2. The lowest BCUT2D eigenvalue weighted by atomic mass is 9.88. The molecule has 35 heavy (non-hydrogen) atoms. The zero-order chi connectivity index (χ0) is 26.0. The van der Waals surface area contributed by atoms with Crippen LogP contribution in [0.15, 0.2) is 12.2 Å². The van der Waals surface area contributed by atoms with E-state index in [9.17, 15) is 24.0 Å². The van der Waals surface area contributed by atoms with E-state index in [1.807, 2.05) is 33.8 Å². The smallest absolute Gasteiger partial charge is 0.326 e. The Morgan fingerprint density at radius 3 is 2.40 bits per heavy atom. The monoisotopic (exact) mass is 527 g/mol. The average Bonchev–Trinajstić information content (AvgIpc) is 2.77. The van der Waals surface area contributed by atoms with Crippen LogP contribution in [0.25, 0.3) is 0 Å². The van der Waals surface area contributed by atoms with Crippen LogP contribution < -0.4 is 16.0 Å². The normalized spacial score (nSPS) is 29.1. The van der Waals surface area contributed by atoms with Gasteiger partial charge in [0.25, 0.3) is 0 Å². The van der Waals surface area contributed by atoms with E-state index >= 15 is 0 Å². The van der Waals surface area contributed by atoms with Gasteiger partial charge < -0.3 is 20.7 Å². The molecule has 2 aliphatic rings. The standard InChI is InChI=1S/C24H37N3O6S2/c1-14(2)9-19-23(31)25-12-21(29)33-17-7-5-6-8-34-35-13-20(24(32)26-19)27-22(30)18(15(3)4)11-16(28)10-17/h5,7,14-15,17-20H,6,8-13H2,1-4H3,(H,25,31)(H,26,32)(H,27,30)/b7-5+/t17-,18-,19+,20-/m1/s1. The summed E-state index contributed by atoms with van der Waals surface area (Å²) in [5, 5.41) is 8.12. The molecular formula is C24H37N3O6S2. The minimum Gasteiger partial charge on any atom is -0.456 e. The van der Waals surface area contributed by atoms with Crippen LogP contribution in [-0.4, -0.2) is 65.7 Å². The molecule has 1 saturated heterocycles. The summed E-state index contributed by atoms with van der Waals surface area (Å²) in [6.45, 7) is 7.18. The molecule has 0 aromatic heterocycles. The molecule has 196 valence electrons. The lowest BCUT2D eigenvalue weighted by molar-refractivity contribution is -0.148. The first kappa shape index (κ1) is 29.2.